The average molecular weight is 518 g/mol. The fourth-order valence-electron chi connectivity index (χ4n) is 3.64. The molecule has 0 saturated carbocycles. The third-order valence-corrected chi connectivity index (χ3v) is 5.95. The minimum atomic E-state index is -1.13. The van der Waals surface area contributed by atoms with Gasteiger partial charge in [0, 0.05) is 23.5 Å². The number of aliphatic hydroxyl groups is 1. The first-order valence-corrected chi connectivity index (χ1v) is 12.6. The van der Waals surface area contributed by atoms with Crippen LogP contribution in [0.25, 0.3) is 5.57 Å². The lowest BCUT2D eigenvalue weighted by atomic mass is 10.0. The van der Waals surface area contributed by atoms with Crippen molar-refractivity contribution in [2.45, 2.75) is 79.7 Å². The molecule has 37 heavy (non-hydrogen) atoms. The summed E-state index contributed by atoms with van der Waals surface area (Å²) < 4.78 is 26.1. The summed E-state index contributed by atoms with van der Waals surface area (Å²) in [5.41, 5.74) is 1.32. The molecular weight excluding hydrogens is 477 g/mol. The molecule has 0 radical (unpaired) electrons. The van der Waals surface area contributed by atoms with E-state index in [2.05, 4.69) is 10.4 Å². The van der Waals surface area contributed by atoms with Crippen LogP contribution in [0.15, 0.2) is 35.3 Å². The standard InChI is InChI=1S/C28H40FN3O5/c1-16(2)24(30-27(34)17(3)4)14-32-28(35)22(19(7)15-37-18(5)6)12-21(31-32)13-25(33)23-11-20(29)9-10-26(23)36-8/h9-12,15-18,24-25,33H,13-14H2,1-8H3,(H,30,34)/b19-15+/t24-,25?/m1/s1. The second-order valence-corrected chi connectivity index (χ2v) is 10.1. The molecule has 1 unspecified atom stereocenters. The lowest BCUT2D eigenvalue weighted by molar-refractivity contribution is -0.125. The van der Waals surface area contributed by atoms with Crippen molar-refractivity contribution in [3.8, 4) is 5.75 Å². The molecule has 0 spiro atoms. The molecule has 0 saturated heterocycles. The van der Waals surface area contributed by atoms with Crippen LogP contribution in [0.1, 0.15) is 71.4 Å². The van der Waals surface area contributed by atoms with E-state index in [0.29, 0.717) is 22.6 Å². The molecule has 0 aliphatic heterocycles. The van der Waals surface area contributed by atoms with Gasteiger partial charge in [0.25, 0.3) is 5.56 Å². The molecule has 0 aliphatic carbocycles. The number of nitrogens with one attached hydrogen (secondary N) is 1. The molecule has 9 heteroatoms. The maximum Gasteiger partial charge on any atom is 0.274 e. The summed E-state index contributed by atoms with van der Waals surface area (Å²) in [4.78, 5) is 25.8. The highest BCUT2D eigenvalue weighted by atomic mass is 19.1. The third-order valence-electron chi connectivity index (χ3n) is 5.95. The Morgan fingerprint density at radius 2 is 1.86 bits per heavy atom. The van der Waals surface area contributed by atoms with Crippen molar-refractivity contribution in [1.29, 1.82) is 0 Å². The van der Waals surface area contributed by atoms with Crippen LogP contribution in [0.2, 0.25) is 0 Å². The van der Waals surface area contributed by atoms with Crippen molar-refractivity contribution in [2.75, 3.05) is 7.11 Å². The first-order chi connectivity index (χ1) is 17.3. The molecule has 8 nitrogen and oxygen atoms in total. The van der Waals surface area contributed by atoms with Crippen LogP contribution in [0.5, 0.6) is 5.75 Å². The van der Waals surface area contributed by atoms with Crippen LogP contribution in [0.4, 0.5) is 4.39 Å². The van der Waals surface area contributed by atoms with Crippen molar-refractivity contribution in [3.05, 3.63) is 63.5 Å². The highest BCUT2D eigenvalue weighted by Gasteiger charge is 2.23. The number of halogens is 1. The Hall–Kier alpha value is -3.20. The second kappa shape index (κ2) is 13.4. The number of aliphatic hydroxyl groups excluding tert-OH is 1. The van der Waals surface area contributed by atoms with Crippen molar-refractivity contribution in [2.24, 2.45) is 11.8 Å². The van der Waals surface area contributed by atoms with Gasteiger partial charge in [0.15, 0.2) is 0 Å². The monoisotopic (exact) mass is 517 g/mol. The topological polar surface area (TPSA) is 103 Å². The normalized spacial score (nSPS) is 13.7. The fraction of sp³-hybridized carbons (Fsp3) is 0.536. The van der Waals surface area contributed by atoms with Crippen LogP contribution in [0.3, 0.4) is 0 Å². The predicted octanol–water partition coefficient (Wildman–Crippen LogP) is 4.25. The summed E-state index contributed by atoms with van der Waals surface area (Å²) >= 11 is 0. The van der Waals surface area contributed by atoms with Crippen LogP contribution in [-0.4, -0.2) is 40.0 Å². The minimum absolute atomic E-state index is 0.0100. The number of benzene rings is 1. The van der Waals surface area contributed by atoms with Gasteiger partial charge in [-0.05, 0) is 56.5 Å². The van der Waals surface area contributed by atoms with Gasteiger partial charge in [-0.15, -0.1) is 0 Å². The first-order valence-electron chi connectivity index (χ1n) is 12.6. The Balaban J connectivity index is 2.54. The van der Waals surface area contributed by atoms with E-state index in [1.54, 1.807) is 26.8 Å². The van der Waals surface area contributed by atoms with Crippen LogP contribution in [-0.2, 0) is 22.5 Å². The van der Waals surface area contributed by atoms with Gasteiger partial charge in [0.1, 0.15) is 11.6 Å². The Morgan fingerprint density at radius 3 is 2.43 bits per heavy atom. The number of aromatic nitrogens is 2. The highest BCUT2D eigenvalue weighted by Crippen LogP contribution is 2.28. The number of rotatable bonds is 12. The number of ether oxygens (including phenoxy) is 2. The lowest BCUT2D eigenvalue weighted by Crippen LogP contribution is -2.45. The van der Waals surface area contributed by atoms with Gasteiger partial charge in [0.05, 0.1) is 43.9 Å². The van der Waals surface area contributed by atoms with E-state index in [0.717, 1.165) is 0 Å². The number of amides is 1. The van der Waals surface area contributed by atoms with E-state index >= 15 is 0 Å². The molecule has 2 atom stereocenters. The summed E-state index contributed by atoms with van der Waals surface area (Å²) in [5, 5.41) is 18.5. The number of nitrogens with zero attached hydrogens (tertiary/aromatic N) is 2. The number of carbonyl (C=O) groups excluding carboxylic acids is 1. The van der Waals surface area contributed by atoms with E-state index in [4.69, 9.17) is 9.47 Å². The fourth-order valence-corrected chi connectivity index (χ4v) is 3.64. The maximum absolute atomic E-state index is 13.9. The Kier molecular flexibility index (Phi) is 10.9. The molecule has 2 N–H and O–H groups in total. The third kappa shape index (κ3) is 8.42. The van der Waals surface area contributed by atoms with Crippen molar-refractivity contribution >= 4 is 11.5 Å². The van der Waals surface area contributed by atoms with Gasteiger partial charge < -0.3 is 19.9 Å². The molecule has 204 valence electrons. The Labute approximate surface area is 218 Å². The van der Waals surface area contributed by atoms with Crippen molar-refractivity contribution in [3.63, 3.8) is 0 Å². The molecule has 1 aromatic carbocycles. The summed E-state index contributed by atoms with van der Waals surface area (Å²) in [5.74, 6) is -0.439. The van der Waals surface area contributed by atoms with Crippen LogP contribution >= 0.6 is 0 Å². The zero-order valence-corrected chi connectivity index (χ0v) is 23.0. The molecule has 2 rings (SSSR count). The van der Waals surface area contributed by atoms with Gasteiger partial charge in [-0.2, -0.15) is 5.10 Å². The molecule has 1 amide bonds. The molecule has 0 fully saturated rings. The lowest BCUT2D eigenvalue weighted by Gasteiger charge is -2.24. The largest absolute Gasteiger partial charge is 0.498 e. The van der Waals surface area contributed by atoms with Crippen LogP contribution < -0.4 is 15.6 Å². The van der Waals surface area contributed by atoms with Crippen LogP contribution in [0, 0.1) is 17.7 Å². The Bertz CT molecular complexity index is 1160. The van der Waals surface area contributed by atoms with Gasteiger partial charge in [-0.1, -0.05) is 27.7 Å². The smallest absolute Gasteiger partial charge is 0.274 e. The summed E-state index contributed by atoms with van der Waals surface area (Å²) in [7, 11) is 1.44. The number of allylic oxidation sites excluding steroid dienone is 1. The zero-order valence-electron chi connectivity index (χ0n) is 23.0. The zero-order chi connectivity index (χ0) is 27.9. The van der Waals surface area contributed by atoms with E-state index in [1.165, 1.54) is 36.3 Å². The van der Waals surface area contributed by atoms with Gasteiger partial charge in [-0.25, -0.2) is 9.07 Å². The van der Waals surface area contributed by atoms with Gasteiger partial charge in [0.2, 0.25) is 5.91 Å². The quantitative estimate of drug-likeness (QED) is 0.408. The van der Waals surface area contributed by atoms with E-state index in [1.807, 2.05) is 27.7 Å². The first kappa shape index (κ1) is 30.0. The maximum atomic E-state index is 13.9. The molecule has 0 bridgehead atoms. The van der Waals surface area contributed by atoms with E-state index < -0.39 is 11.9 Å². The number of carbonyl (C=O) groups is 1. The van der Waals surface area contributed by atoms with E-state index in [-0.39, 0.29) is 54.0 Å². The second-order valence-electron chi connectivity index (χ2n) is 10.1. The SMILES string of the molecule is COc1ccc(F)cc1C(O)Cc1cc(/C(C)=C/OC(C)C)c(=O)n(C[C@@H](NC(=O)C(C)C)C(C)C)n1. The summed E-state index contributed by atoms with van der Waals surface area (Å²) in [6.07, 6.45) is 0.338. The number of hydrogen-bond donors (Lipinski definition) is 2. The number of hydrogen-bond acceptors (Lipinski definition) is 6. The minimum Gasteiger partial charge on any atom is -0.498 e. The summed E-state index contributed by atoms with van der Waals surface area (Å²) in [6, 6.07) is 5.20. The average Bonchev–Trinajstić information content (AvgIpc) is 2.83. The Morgan fingerprint density at radius 1 is 1.19 bits per heavy atom. The molecule has 1 aromatic heterocycles. The predicted molar refractivity (Wildman–Crippen MR) is 142 cm³/mol. The van der Waals surface area contributed by atoms with Crippen molar-refractivity contribution < 1.29 is 23.8 Å². The molecule has 1 heterocycles. The highest BCUT2D eigenvalue weighted by molar-refractivity contribution is 5.78. The number of methoxy groups -OCH3 is 1. The van der Waals surface area contributed by atoms with Gasteiger partial charge >= 0.3 is 0 Å². The van der Waals surface area contributed by atoms with E-state index in [9.17, 15) is 19.1 Å². The molecular formula is C28H40FN3O5. The molecule has 0 aliphatic rings. The van der Waals surface area contributed by atoms with Crippen molar-refractivity contribution in [1.82, 2.24) is 15.1 Å². The summed E-state index contributed by atoms with van der Waals surface area (Å²) in [6.45, 7) is 13.2. The van der Waals surface area contributed by atoms with Gasteiger partial charge in [-0.3, -0.25) is 9.59 Å². The molecule has 2 aromatic rings.